The third kappa shape index (κ3) is 2.01. The van der Waals surface area contributed by atoms with Crippen LogP contribution in [0, 0.1) is 0 Å². The van der Waals surface area contributed by atoms with Gasteiger partial charge in [-0.25, -0.2) is 4.98 Å². The van der Waals surface area contributed by atoms with Crippen molar-refractivity contribution in [2.24, 2.45) is 0 Å². The first kappa shape index (κ1) is 10.1. The number of carbonyl (C=O) groups is 1. The monoisotopic (exact) mass is 202 g/mol. The zero-order valence-electron chi connectivity index (χ0n) is 7.53. The largest absolute Gasteiger partial charge is 0.468 e. The second-order valence-corrected chi connectivity index (χ2v) is 2.93. The van der Waals surface area contributed by atoms with Gasteiger partial charge >= 0.3 is 5.97 Å². The summed E-state index contributed by atoms with van der Waals surface area (Å²) in [5.74, 6) is -0.461. The minimum Gasteiger partial charge on any atom is -0.468 e. The van der Waals surface area contributed by atoms with Gasteiger partial charge in [-0.1, -0.05) is 0 Å². The minimum absolute atomic E-state index is 0.461. The molecule has 5 heteroatoms. The number of hydrogen-bond donors (Lipinski definition) is 0. The predicted molar refractivity (Wildman–Crippen MR) is 48.5 cm³/mol. The first-order valence-corrected chi connectivity index (χ1v) is 4.36. The Morgan fingerprint density at radius 3 is 3.08 bits per heavy atom. The Labute approximate surface area is 81.5 Å². The number of rotatable bonds is 3. The Morgan fingerprint density at radius 1 is 1.85 bits per heavy atom. The number of alkyl halides is 1. The van der Waals surface area contributed by atoms with Gasteiger partial charge in [0.15, 0.2) is 5.38 Å². The molecule has 13 heavy (non-hydrogen) atoms. The topological polar surface area (TPSA) is 44.1 Å². The van der Waals surface area contributed by atoms with Crippen molar-refractivity contribution in [3.63, 3.8) is 0 Å². The first-order chi connectivity index (χ1) is 6.20. The highest BCUT2D eigenvalue weighted by Gasteiger charge is 2.21. The summed E-state index contributed by atoms with van der Waals surface area (Å²) >= 11 is 5.85. The van der Waals surface area contributed by atoms with Crippen LogP contribution in [0.5, 0.6) is 0 Å². The van der Waals surface area contributed by atoms with Gasteiger partial charge in [0.1, 0.15) is 0 Å². The molecule has 0 amide bonds. The van der Waals surface area contributed by atoms with Crippen molar-refractivity contribution in [2.75, 3.05) is 7.11 Å². The van der Waals surface area contributed by atoms with E-state index in [1.807, 2.05) is 6.92 Å². The number of aryl methyl sites for hydroxylation is 1. The molecule has 1 aromatic rings. The quantitative estimate of drug-likeness (QED) is 0.549. The van der Waals surface area contributed by atoms with Crippen LogP contribution in [0.2, 0.25) is 0 Å². The van der Waals surface area contributed by atoms with Crippen LogP contribution in [0.15, 0.2) is 12.5 Å². The number of carbonyl (C=O) groups excluding carboxylic acids is 1. The Bertz CT molecular complexity index is 298. The summed E-state index contributed by atoms with van der Waals surface area (Å²) in [6.45, 7) is 2.68. The van der Waals surface area contributed by atoms with Crippen LogP contribution in [0.3, 0.4) is 0 Å². The van der Waals surface area contributed by atoms with Gasteiger partial charge in [0.25, 0.3) is 0 Å². The zero-order valence-corrected chi connectivity index (χ0v) is 8.28. The van der Waals surface area contributed by atoms with E-state index in [-0.39, 0.29) is 0 Å². The van der Waals surface area contributed by atoms with Gasteiger partial charge in [-0.2, -0.15) is 0 Å². The number of halogens is 1. The third-order valence-electron chi connectivity index (χ3n) is 1.75. The number of esters is 1. The average Bonchev–Trinajstić information content (AvgIpc) is 2.62. The normalized spacial score (nSPS) is 12.5. The van der Waals surface area contributed by atoms with Crippen molar-refractivity contribution in [1.82, 2.24) is 9.55 Å². The highest BCUT2D eigenvalue weighted by molar-refractivity contribution is 6.29. The highest BCUT2D eigenvalue weighted by atomic mass is 35.5. The second-order valence-electron chi connectivity index (χ2n) is 2.49. The first-order valence-electron chi connectivity index (χ1n) is 3.92. The van der Waals surface area contributed by atoms with Crippen LogP contribution in [0.25, 0.3) is 0 Å². The van der Waals surface area contributed by atoms with Crippen LogP contribution in [0.1, 0.15) is 18.0 Å². The summed E-state index contributed by atoms with van der Waals surface area (Å²) in [6.07, 6.45) is 3.20. The molecule has 0 fully saturated rings. The number of methoxy groups -OCH3 is 1. The number of nitrogens with zero attached hydrogens (tertiary/aromatic N) is 2. The van der Waals surface area contributed by atoms with Gasteiger partial charge in [0, 0.05) is 6.54 Å². The van der Waals surface area contributed by atoms with Crippen molar-refractivity contribution < 1.29 is 9.53 Å². The molecule has 0 aliphatic carbocycles. The van der Waals surface area contributed by atoms with Crippen molar-refractivity contribution in [3.05, 3.63) is 18.2 Å². The standard InChI is InChI=1S/C8H11ClN2O2/c1-3-11-5-10-4-6(11)7(9)8(12)13-2/h4-5,7H,3H2,1-2H3. The SMILES string of the molecule is CCn1cncc1C(Cl)C(=O)OC. The van der Waals surface area contributed by atoms with E-state index in [0.29, 0.717) is 5.69 Å². The second kappa shape index (κ2) is 4.28. The van der Waals surface area contributed by atoms with Crippen LogP contribution in [-0.2, 0) is 16.1 Å². The summed E-state index contributed by atoms with van der Waals surface area (Å²) < 4.78 is 6.32. The third-order valence-corrected chi connectivity index (χ3v) is 2.15. The molecule has 1 atom stereocenters. The fourth-order valence-corrected chi connectivity index (χ4v) is 1.30. The van der Waals surface area contributed by atoms with E-state index < -0.39 is 11.3 Å². The molecule has 0 saturated carbocycles. The smallest absolute Gasteiger partial charge is 0.329 e. The van der Waals surface area contributed by atoms with Crippen LogP contribution in [-0.4, -0.2) is 22.6 Å². The van der Waals surface area contributed by atoms with Gasteiger partial charge in [0.2, 0.25) is 0 Å². The Hall–Kier alpha value is -1.03. The highest BCUT2D eigenvalue weighted by Crippen LogP contribution is 2.21. The van der Waals surface area contributed by atoms with Crippen molar-refractivity contribution in [1.29, 1.82) is 0 Å². The molecule has 0 aromatic carbocycles. The Balaban J connectivity index is 2.87. The van der Waals surface area contributed by atoms with E-state index >= 15 is 0 Å². The van der Waals surface area contributed by atoms with Gasteiger partial charge in [-0.15, -0.1) is 11.6 Å². The average molecular weight is 203 g/mol. The number of aromatic nitrogens is 2. The van der Waals surface area contributed by atoms with Gasteiger partial charge in [-0.05, 0) is 6.92 Å². The molecule has 72 valence electrons. The molecular formula is C8H11ClN2O2. The molecule has 4 nitrogen and oxygen atoms in total. The van der Waals surface area contributed by atoms with E-state index in [4.69, 9.17) is 11.6 Å². The predicted octanol–water partition coefficient (Wildman–Crippen LogP) is 1.36. The lowest BCUT2D eigenvalue weighted by Gasteiger charge is -2.08. The van der Waals surface area contributed by atoms with Gasteiger partial charge in [0.05, 0.1) is 25.3 Å². The van der Waals surface area contributed by atoms with E-state index in [2.05, 4.69) is 9.72 Å². The lowest BCUT2D eigenvalue weighted by atomic mass is 10.3. The van der Waals surface area contributed by atoms with E-state index in [1.165, 1.54) is 7.11 Å². The van der Waals surface area contributed by atoms with Crippen molar-refractivity contribution >= 4 is 17.6 Å². The Kier molecular flexibility index (Phi) is 3.31. The van der Waals surface area contributed by atoms with Gasteiger partial charge in [-0.3, -0.25) is 4.79 Å². The maximum absolute atomic E-state index is 11.1. The summed E-state index contributed by atoms with van der Waals surface area (Å²) in [7, 11) is 1.31. The molecule has 0 bridgehead atoms. The van der Waals surface area contributed by atoms with Gasteiger partial charge < -0.3 is 9.30 Å². The van der Waals surface area contributed by atoms with Crippen LogP contribution < -0.4 is 0 Å². The molecule has 0 N–H and O–H groups in total. The fraction of sp³-hybridized carbons (Fsp3) is 0.500. The molecule has 1 aromatic heterocycles. The molecule has 0 saturated heterocycles. The lowest BCUT2D eigenvalue weighted by molar-refractivity contribution is -0.140. The van der Waals surface area contributed by atoms with Crippen LogP contribution >= 0.6 is 11.6 Å². The summed E-state index contributed by atoms with van der Waals surface area (Å²) in [5, 5.41) is -0.771. The molecule has 0 aliphatic heterocycles. The fourth-order valence-electron chi connectivity index (χ4n) is 1.03. The minimum atomic E-state index is -0.771. The molecule has 0 aliphatic rings. The van der Waals surface area contributed by atoms with Crippen molar-refractivity contribution in [2.45, 2.75) is 18.8 Å². The molecule has 1 rings (SSSR count). The maximum Gasteiger partial charge on any atom is 0.329 e. The lowest BCUT2D eigenvalue weighted by Crippen LogP contribution is -2.12. The van der Waals surface area contributed by atoms with E-state index in [1.54, 1.807) is 17.1 Å². The molecule has 1 heterocycles. The number of hydrogen-bond acceptors (Lipinski definition) is 3. The summed E-state index contributed by atoms with van der Waals surface area (Å²) in [5.41, 5.74) is 0.663. The zero-order chi connectivity index (χ0) is 9.84. The van der Waals surface area contributed by atoms with E-state index in [0.717, 1.165) is 6.54 Å². The summed E-state index contributed by atoms with van der Waals surface area (Å²) in [4.78, 5) is 15.0. The number of ether oxygens (including phenoxy) is 1. The molecule has 0 radical (unpaired) electrons. The van der Waals surface area contributed by atoms with E-state index in [9.17, 15) is 4.79 Å². The Morgan fingerprint density at radius 2 is 2.54 bits per heavy atom. The molecular weight excluding hydrogens is 192 g/mol. The number of imidazole rings is 1. The summed E-state index contributed by atoms with van der Waals surface area (Å²) in [6, 6.07) is 0. The molecule has 1 unspecified atom stereocenters. The van der Waals surface area contributed by atoms with Crippen molar-refractivity contribution in [3.8, 4) is 0 Å². The van der Waals surface area contributed by atoms with Crippen LogP contribution in [0.4, 0.5) is 0 Å². The molecule has 0 spiro atoms. The maximum atomic E-state index is 11.1.